The fraction of sp³-hybridized carbons (Fsp3) is 0.750. The molecule has 4 unspecified atom stereocenters. The predicted octanol–water partition coefficient (Wildman–Crippen LogP) is 4.56. The number of aliphatic hydroxyl groups is 2. The van der Waals surface area contributed by atoms with Crippen molar-refractivity contribution in [2.24, 2.45) is 17.8 Å². The monoisotopic (exact) mass is 375 g/mol. The summed E-state index contributed by atoms with van der Waals surface area (Å²) in [6, 6.07) is 10.7. The minimum Gasteiger partial charge on any atom is -0.393 e. The number of aliphatic hydroxyl groups excluding tert-OH is 2. The van der Waals surface area contributed by atoms with Gasteiger partial charge in [0.2, 0.25) is 0 Å². The van der Waals surface area contributed by atoms with Gasteiger partial charge in [-0.3, -0.25) is 0 Å². The standard InChI is InChI=1S/C24H41NO2/c1-4-21(26)17-22(18(2)3)24(27)23(20-13-9-6-10-14-20)25-16-15-19-11-7-5-8-12-19/h5,7-8,11-12,18,20-27H,4,6,9-10,13-17H2,1-3H3. The first-order valence-corrected chi connectivity index (χ1v) is 11.2. The molecule has 0 amide bonds. The highest BCUT2D eigenvalue weighted by Crippen LogP contribution is 2.33. The van der Waals surface area contributed by atoms with Crippen LogP contribution >= 0.6 is 0 Å². The lowest BCUT2D eigenvalue weighted by atomic mass is 9.74. The van der Waals surface area contributed by atoms with Gasteiger partial charge in [0.15, 0.2) is 0 Å². The van der Waals surface area contributed by atoms with Crippen molar-refractivity contribution in [1.29, 1.82) is 0 Å². The van der Waals surface area contributed by atoms with E-state index in [2.05, 4.69) is 49.5 Å². The summed E-state index contributed by atoms with van der Waals surface area (Å²) in [6.07, 6.45) is 8.02. The second-order valence-corrected chi connectivity index (χ2v) is 8.81. The van der Waals surface area contributed by atoms with Gasteiger partial charge in [-0.2, -0.15) is 0 Å². The number of rotatable bonds is 11. The van der Waals surface area contributed by atoms with E-state index in [0.29, 0.717) is 18.3 Å². The molecular formula is C24H41NO2. The Balaban J connectivity index is 2.04. The molecule has 1 aliphatic rings. The first-order valence-electron chi connectivity index (χ1n) is 11.2. The van der Waals surface area contributed by atoms with Crippen LogP contribution in [0.2, 0.25) is 0 Å². The zero-order valence-electron chi connectivity index (χ0n) is 17.6. The van der Waals surface area contributed by atoms with Crippen molar-refractivity contribution >= 4 is 0 Å². The highest BCUT2D eigenvalue weighted by Gasteiger charge is 2.35. The minimum atomic E-state index is -0.398. The lowest BCUT2D eigenvalue weighted by Gasteiger charge is -2.39. The third-order valence-electron chi connectivity index (χ3n) is 6.47. The topological polar surface area (TPSA) is 52.5 Å². The van der Waals surface area contributed by atoms with Crippen LogP contribution in [-0.4, -0.2) is 35.0 Å². The van der Waals surface area contributed by atoms with Gasteiger partial charge >= 0.3 is 0 Å². The fourth-order valence-electron chi connectivity index (χ4n) is 4.64. The molecule has 4 atom stereocenters. The molecule has 1 aliphatic carbocycles. The summed E-state index contributed by atoms with van der Waals surface area (Å²) in [5.41, 5.74) is 1.34. The molecule has 2 rings (SSSR count). The number of nitrogens with one attached hydrogen (secondary N) is 1. The summed E-state index contributed by atoms with van der Waals surface area (Å²) in [6.45, 7) is 7.27. The molecule has 3 N–H and O–H groups in total. The smallest absolute Gasteiger partial charge is 0.0727 e. The lowest BCUT2D eigenvalue weighted by Crippen LogP contribution is -2.51. The molecule has 1 aromatic carbocycles. The van der Waals surface area contributed by atoms with Crippen LogP contribution in [0, 0.1) is 17.8 Å². The summed E-state index contributed by atoms with van der Waals surface area (Å²) in [7, 11) is 0. The second kappa shape index (κ2) is 11.8. The zero-order valence-corrected chi connectivity index (χ0v) is 17.6. The molecule has 1 fully saturated rings. The van der Waals surface area contributed by atoms with Gasteiger partial charge in [0.25, 0.3) is 0 Å². The van der Waals surface area contributed by atoms with Gasteiger partial charge in [-0.1, -0.05) is 70.4 Å². The maximum Gasteiger partial charge on any atom is 0.0727 e. The SMILES string of the molecule is CCC(O)CC(C(C)C)C(O)C(NCCc1ccccc1)C1CCCCC1. The van der Waals surface area contributed by atoms with Crippen LogP contribution in [0.25, 0.3) is 0 Å². The summed E-state index contributed by atoms with van der Waals surface area (Å²) < 4.78 is 0. The van der Waals surface area contributed by atoms with Crippen molar-refractivity contribution in [3.8, 4) is 0 Å². The van der Waals surface area contributed by atoms with Gasteiger partial charge in [0, 0.05) is 6.04 Å². The van der Waals surface area contributed by atoms with E-state index in [1.807, 2.05) is 6.92 Å². The average molecular weight is 376 g/mol. The normalized spacial score (nSPS) is 20.4. The molecule has 0 spiro atoms. The van der Waals surface area contributed by atoms with E-state index in [-0.39, 0.29) is 18.1 Å². The molecule has 0 radical (unpaired) electrons. The van der Waals surface area contributed by atoms with Crippen LogP contribution in [0.3, 0.4) is 0 Å². The Bertz CT molecular complexity index is 498. The fourth-order valence-corrected chi connectivity index (χ4v) is 4.64. The number of benzene rings is 1. The van der Waals surface area contributed by atoms with E-state index in [0.717, 1.165) is 19.4 Å². The summed E-state index contributed by atoms with van der Waals surface area (Å²) in [5, 5.41) is 25.3. The summed E-state index contributed by atoms with van der Waals surface area (Å²) >= 11 is 0. The Labute approximate surface area is 166 Å². The van der Waals surface area contributed by atoms with Crippen LogP contribution in [0.1, 0.15) is 71.3 Å². The molecule has 0 saturated heterocycles. The summed E-state index contributed by atoms with van der Waals surface area (Å²) in [5.74, 6) is 1.05. The molecule has 27 heavy (non-hydrogen) atoms. The summed E-state index contributed by atoms with van der Waals surface area (Å²) in [4.78, 5) is 0. The van der Waals surface area contributed by atoms with E-state index in [1.165, 1.54) is 37.7 Å². The van der Waals surface area contributed by atoms with Crippen LogP contribution in [-0.2, 0) is 6.42 Å². The van der Waals surface area contributed by atoms with E-state index in [1.54, 1.807) is 0 Å². The Morgan fingerprint density at radius 1 is 1.04 bits per heavy atom. The largest absolute Gasteiger partial charge is 0.393 e. The van der Waals surface area contributed by atoms with Gasteiger partial charge in [-0.05, 0) is 62.0 Å². The Kier molecular flexibility index (Phi) is 9.81. The van der Waals surface area contributed by atoms with Gasteiger partial charge in [0.1, 0.15) is 0 Å². The average Bonchev–Trinajstić information content (AvgIpc) is 2.70. The third-order valence-corrected chi connectivity index (χ3v) is 6.47. The quantitative estimate of drug-likeness (QED) is 0.531. The van der Waals surface area contributed by atoms with Crippen molar-refractivity contribution in [3.05, 3.63) is 35.9 Å². The van der Waals surface area contributed by atoms with Gasteiger partial charge in [-0.25, -0.2) is 0 Å². The third kappa shape index (κ3) is 7.21. The van der Waals surface area contributed by atoms with Crippen molar-refractivity contribution < 1.29 is 10.2 Å². The first kappa shape index (κ1) is 22.4. The van der Waals surface area contributed by atoms with Gasteiger partial charge < -0.3 is 15.5 Å². The molecule has 3 nitrogen and oxygen atoms in total. The minimum absolute atomic E-state index is 0.130. The molecule has 154 valence electrons. The molecule has 0 heterocycles. The Morgan fingerprint density at radius 3 is 2.30 bits per heavy atom. The van der Waals surface area contributed by atoms with E-state index >= 15 is 0 Å². The molecule has 1 aromatic rings. The maximum absolute atomic E-state index is 11.4. The molecule has 3 heteroatoms. The van der Waals surface area contributed by atoms with Crippen LogP contribution in [0.5, 0.6) is 0 Å². The van der Waals surface area contributed by atoms with E-state index < -0.39 is 6.10 Å². The van der Waals surface area contributed by atoms with Crippen LogP contribution < -0.4 is 5.32 Å². The Hall–Kier alpha value is -0.900. The first-order chi connectivity index (χ1) is 13.0. The molecule has 0 bridgehead atoms. The maximum atomic E-state index is 11.4. The molecule has 0 aromatic heterocycles. The van der Waals surface area contributed by atoms with E-state index in [4.69, 9.17) is 0 Å². The molecule has 1 saturated carbocycles. The van der Waals surface area contributed by atoms with Crippen molar-refractivity contribution in [2.75, 3.05) is 6.54 Å². The van der Waals surface area contributed by atoms with Gasteiger partial charge in [-0.15, -0.1) is 0 Å². The van der Waals surface area contributed by atoms with Crippen molar-refractivity contribution in [3.63, 3.8) is 0 Å². The van der Waals surface area contributed by atoms with Crippen molar-refractivity contribution in [1.82, 2.24) is 5.32 Å². The molecule has 0 aliphatic heterocycles. The van der Waals surface area contributed by atoms with Gasteiger partial charge in [0.05, 0.1) is 12.2 Å². The second-order valence-electron chi connectivity index (χ2n) is 8.81. The highest BCUT2D eigenvalue weighted by atomic mass is 16.3. The number of hydrogen-bond acceptors (Lipinski definition) is 3. The predicted molar refractivity (Wildman–Crippen MR) is 114 cm³/mol. The zero-order chi connectivity index (χ0) is 19.6. The Morgan fingerprint density at radius 2 is 1.70 bits per heavy atom. The molecular weight excluding hydrogens is 334 g/mol. The van der Waals surface area contributed by atoms with Crippen LogP contribution in [0.4, 0.5) is 0 Å². The lowest BCUT2D eigenvalue weighted by molar-refractivity contribution is -0.00463. The van der Waals surface area contributed by atoms with Crippen LogP contribution in [0.15, 0.2) is 30.3 Å². The highest BCUT2D eigenvalue weighted by molar-refractivity contribution is 5.14. The van der Waals surface area contributed by atoms with E-state index in [9.17, 15) is 10.2 Å². The van der Waals surface area contributed by atoms with Crippen molar-refractivity contribution in [2.45, 2.75) is 90.4 Å². The number of hydrogen-bond donors (Lipinski definition) is 3.